The molecule has 0 aromatic carbocycles. The van der Waals surface area contributed by atoms with Crippen molar-refractivity contribution in [1.82, 2.24) is 0 Å². The maximum absolute atomic E-state index is 2.32. The largest absolute Gasteiger partial charge is 0.132 e. The average Bonchev–Trinajstić information content (AvgIpc) is 2.71. The molecule has 1 saturated heterocycles. The third-order valence-electron chi connectivity index (χ3n) is 4.01. The number of unbranched alkanes of at least 4 members (excludes halogenated alkanes) is 6. The van der Waals surface area contributed by atoms with E-state index in [0.717, 1.165) is 13.7 Å². The van der Waals surface area contributed by atoms with E-state index in [-0.39, 0.29) is 0 Å². The van der Waals surface area contributed by atoms with Crippen molar-refractivity contribution in [3.05, 3.63) is 0 Å². The van der Waals surface area contributed by atoms with E-state index in [4.69, 9.17) is 0 Å². The van der Waals surface area contributed by atoms with Gasteiger partial charge in [-0.2, -0.15) is 0 Å². The molecule has 1 aliphatic rings. The van der Waals surface area contributed by atoms with Gasteiger partial charge in [0.05, 0.1) is 13.7 Å². The smallest absolute Gasteiger partial charge is 0.0617 e. The highest BCUT2D eigenvalue weighted by molar-refractivity contribution is 8.80. The zero-order valence-corrected chi connectivity index (χ0v) is 18.1. The molecule has 0 N–H and O–H groups in total. The fraction of sp³-hybridized carbons (Fsp3) is 1.00. The lowest BCUT2D eigenvalue weighted by molar-refractivity contribution is 0.685. The molecule has 1 fully saturated rings. The summed E-state index contributed by atoms with van der Waals surface area (Å²) in [4.78, 5) is 0. The highest BCUT2D eigenvalue weighted by Gasteiger charge is 2.27. The molecule has 0 aliphatic carbocycles. The fourth-order valence-corrected chi connectivity index (χ4v) is 10.9. The van der Waals surface area contributed by atoms with Crippen LogP contribution in [0.1, 0.15) is 97.8 Å². The molecule has 2 unspecified atom stereocenters. The minimum absolute atomic E-state index is 0.840. The predicted octanol–water partition coefficient (Wildman–Crippen LogP) is 8.57. The van der Waals surface area contributed by atoms with Crippen LogP contribution in [0.3, 0.4) is 0 Å². The summed E-state index contributed by atoms with van der Waals surface area (Å²) in [5.74, 6) is 0. The van der Waals surface area contributed by atoms with Gasteiger partial charge in [-0.25, -0.2) is 0 Å². The lowest BCUT2D eigenvalue weighted by Crippen LogP contribution is -2.06. The summed E-state index contributed by atoms with van der Waals surface area (Å²) in [6.45, 7) is 6.95. The van der Waals surface area contributed by atoms with Crippen LogP contribution in [0.25, 0.3) is 0 Å². The van der Waals surface area contributed by atoms with Crippen molar-refractivity contribution in [2.24, 2.45) is 0 Å². The molecule has 22 heavy (non-hydrogen) atoms. The van der Waals surface area contributed by atoms with Gasteiger partial charge in [-0.15, -0.1) is 23.5 Å². The third-order valence-corrected chi connectivity index (χ3v) is 11.5. The first kappa shape index (κ1) is 21.4. The van der Waals surface area contributed by atoms with Crippen molar-refractivity contribution in [2.45, 2.75) is 112 Å². The first-order valence-electron chi connectivity index (χ1n) is 9.43. The summed E-state index contributed by atoms with van der Waals surface area (Å²) in [5, 5.41) is 0. The van der Waals surface area contributed by atoms with Gasteiger partial charge < -0.3 is 0 Å². The number of hydrogen-bond donors (Lipinski definition) is 0. The second-order valence-corrected chi connectivity index (χ2v) is 12.6. The molecule has 1 heterocycles. The van der Waals surface area contributed by atoms with Gasteiger partial charge in [-0.3, -0.25) is 0 Å². The number of thioether (sulfide) groups is 2. The molecule has 0 saturated carbocycles. The van der Waals surface area contributed by atoms with Crippen molar-refractivity contribution >= 4 is 45.1 Å². The van der Waals surface area contributed by atoms with Gasteiger partial charge in [0.1, 0.15) is 0 Å². The maximum atomic E-state index is 2.32. The lowest BCUT2D eigenvalue weighted by atomic mass is 10.2. The standard InChI is InChI=1S/C18H36S4/c1-4-7-10-13-16-19-17(14-11-8-5-2)21-22-18(20-16)15-12-9-6-3/h16-18H,4-15H2,1-3H3. The molecule has 0 nitrogen and oxygen atoms in total. The second kappa shape index (κ2) is 14.7. The van der Waals surface area contributed by atoms with Crippen LogP contribution in [0.5, 0.6) is 0 Å². The molecule has 0 bridgehead atoms. The zero-order valence-electron chi connectivity index (χ0n) is 14.9. The Morgan fingerprint density at radius 2 is 0.864 bits per heavy atom. The summed E-state index contributed by atoms with van der Waals surface area (Å²) in [5.41, 5.74) is 0. The SMILES string of the molecule is CCCCCC1SSC(CCCCC)SC(CCCCC)S1. The minimum Gasteiger partial charge on any atom is -0.132 e. The van der Waals surface area contributed by atoms with Crippen LogP contribution in [-0.4, -0.2) is 13.7 Å². The van der Waals surface area contributed by atoms with Crippen molar-refractivity contribution < 1.29 is 0 Å². The van der Waals surface area contributed by atoms with Crippen LogP contribution in [0.15, 0.2) is 0 Å². The van der Waals surface area contributed by atoms with Gasteiger partial charge in [0.2, 0.25) is 0 Å². The molecule has 0 aromatic heterocycles. The highest BCUT2D eigenvalue weighted by atomic mass is 33.1. The molecular formula is C18H36S4. The maximum Gasteiger partial charge on any atom is 0.0617 e. The summed E-state index contributed by atoms with van der Waals surface area (Å²) in [6.07, 6.45) is 16.8. The van der Waals surface area contributed by atoms with Crippen LogP contribution in [0.2, 0.25) is 0 Å². The minimum atomic E-state index is 0.840. The molecule has 132 valence electrons. The predicted molar refractivity (Wildman–Crippen MR) is 114 cm³/mol. The average molecular weight is 381 g/mol. The van der Waals surface area contributed by atoms with Gasteiger partial charge in [0, 0.05) is 0 Å². The lowest BCUT2D eigenvalue weighted by Gasteiger charge is -2.19. The van der Waals surface area contributed by atoms with Crippen LogP contribution in [0, 0.1) is 0 Å². The molecule has 4 heteroatoms. The molecule has 0 spiro atoms. The van der Waals surface area contributed by atoms with E-state index < -0.39 is 0 Å². The van der Waals surface area contributed by atoms with E-state index in [2.05, 4.69) is 65.9 Å². The van der Waals surface area contributed by atoms with Gasteiger partial charge in [0.15, 0.2) is 0 Å². The summed E-state index contributed by atoms with van der Waals surface area (Å²) >= 11 is 4.60. The van der Waals surface area contributed by atoms with E-state index in [0.29, 0.717) is 0 Å². The Hall–Kier alpha value is 1.40. The quantitative estimate of drug-likeness (QED) is 0.245. The van der Waals surface area contributed by atoms with Crippen molar-refractivity contribution in [2.75, 3.05) is 0 Å². The summed E-state index contributed by atoms with van der Waals surface area (Å²) in [7, 11) is 4.40. The van der Waals surface area contributed by atoms with E-state index in [1.165, 1.54) is 77.0 Å². The Kier molecular flexibility index (Phi) is 14.3. The first-order valence-corrected chi connectivity index (χ1v) is 13.6. The number of hydrogen-bond acceptors (Lipinski definition) is 4. The van der Waals surface area contributed by atoms with Gasteiger partial charge >= 0.3 is 0 Å². The Morgan fingerprint density at radius 1 is 0.500 bits per heavy atom. The molecule has 0 amide bonds. The Bertz CT molecular complexity index is 227. The van der Waals surface area contributed by atoms with E-state index in [1.54, 1.807) is 0 Å². The summed E-state index contributed by atoms with van der Waals surface area (Å²) in [6, 6.07) is 0. The van der Waals surface area contributed by atoms with Crippen molar-refractivity contribution in [3.8, 4) is 0 Å². The third kappa shape index (κ3) is 10.3. The fourth-order valence-electron chi connectivity index (χ4n) is 2.59. The molecule has 1 rings (SSSR count). The highest BCUT2D eigenvalue weighted by Crippen LogP contribution is 2.53. The normalized spacial score (nSPS) is 26.0. The molecule has 2 atom stereocenters. The van der Waals surface area contributed by atoms with Gasteiger partial charge in [-0.05, 0) is 19.3 Å². The van der Waals surface area contributed by atoms with E-state index in [9.17, 15) is 0 Å². The van der Waals surface area contributed by atoms with Crippen LogP contribution in [0.4, 0.5) is 0 Å². The van der Waals surface area contributed by atoms with E-state index >= 15 is 0 Å². The van der Waals surface area contributed by atoms with Gasteiger partial charge in [-0.1, -0.05) is 100 Å². The van der Waals surface area contributed by atoms with Crippen LogP contribution < -0.4 is 0 Å². The number of rotatable bonds is 12. The monoisotopic (exact) mass is 380 g/mol. The molecule has 0 aromatic rings. The molecule has 1 aliphatic heterocycles. The molecular weight excluding hydrogens is 344 g/mol. The topological polar surface area (TPSA) is 0 Å². The van der Waals surface area contributed by atoms with Crippen molar-refractivity contribution in [3.63, 3.8) is 0 Å². The first-order chi connectivity index (χ1) is 10.8. The Morgan fingerprint density at radius 3 is 1.23 bits per heavy atom. The Labute approximate surface area is 156 Å². The van der Waals surface area contributed by atoms with E-state index in [1.807, 2.05) is 0 Å². The van der Waals surface area contributed by atoms with Crippen LogP contribution >= 0.6 is 45.1 Å². The van der Waals surface area contributed by atoms with Crippen molar-refractivity contribution in [1.29, 1.82) is 0 Å². The zero-order chi connectivity index (χ0) is 16.0. The Balaban J connectivity index is 2.41. The molecule has 0 radical (unpaired) electrons. The second-order valence-electron chi connectivity index (χ2n) is 6.24. The van der Waals surface area contributed by atoms with Crippen LogP contribution in [-0.2, 0) is 0 Å². The van der Waals surface area contributed by atoms with Gasteiger partial charge in [0.25, 0.3) is 0 Å². The summed E-state index contributed by atoms with van der Waals surface area (Å²) < 4.78 is 2.53.